The van der Waals surface area contributed by atoms with E-state index in [1.165, 1.54) is 0 Å². The van der Waals surface area contributed by atoms with Gasteiger partial charge >= 0.3 is 0 Å². The molecule has 3 aromatic heterocycles. The van der Waals surface area contributed by atoms with Crippen LogP contribution in [0.3, 0.4) is 0 Å². The number of hydrogen-bond acceptors (Lipinski definition) is 5. The molecule has 24 heavy (non-hydrogen) atoms. The lowest BCUT2D eigenvalue weighted by Crippen LogP contribution is -2.40. The van der Waals surface area contributed by atoms with E-state index in [-0.39, 0.29) is 11.9 Å². The molecule has 0 spiro atoms. The van der Waals surface area contributed by atoms with Crippen LogP contribution in [0, 0.1) is 5.92 Å². The number of pyridine rings is 1. The third-order valence-electron chi connectivity index (χ3n) is 4.51. The maximum Gasteiger partial charge on any atom is 0.253 e. The molecule has 8 nitrogen and oxygen atoms in total. The van der Waals surface area contributed by atoms with Crippen LogP contribution < -0.4 is 5.32 Å². The molecule has 1 fully saturated rings. The monoisotopic (exact) mass is 326 g/mol. The van der Waals surface area contributed by atoms with Crippen LogP contribution in [0.5, 0.6) is 0 Å². The first-order valence-corrected chi connectivity index (χ1v) is 7.95. The van der Waals surface area contributed by atoms with E-state index in [0.29, 0.717) is 17.9 Å². The molecule has 1 saturated carbocycles. The first kappa shape index (κ1) is 14.8. The molecule has 1 aliphatic rings. The van der Waals surface area contributed by atoms with Gasteiger partial charge in [-0.3, -0.25) is 9.48 Å². The van der Waals surface area contributed by atoms with Gasteiger partial charge in [-0.1, -0.05) is 5.21 Å². The zero-order chi connectivity index (χ0) is 16.5. The summed E-state index contributed by atoms with van der Waals surface area (Å²) in [7, 11) is 0. The summed E-state index contributed by atoms with van der Waals surface area (Å²) < 4.78 is 3.42. The number of aliphatic hydroxyl groups is 1. The quantitative estimate of drug-likeness (QED) is 0.727. The molecular weight excluding hydrogens is 308 g/mol. The summed E-state index contributed by atoms with van der Waals surface area (Å²) in [5.41, 5.74) is 1.32. The van der Waals surface area contributed by atoms with E-state index >= 15 is 0 Å². The van der Waals surface area contributed by atoms with Crippen LogP contribution in [-0.4, -0.2) is 47.8 Å². The van der Waals surface area contributed by atoms with Crippen LogP contribution in [0.15, 0.2) is 43.0 Å². The molecule has 0 aromatic carbocycles. The third kappa shape index (κ3) is 2.88. The fourth-order valence-electron chi connectivity index (χ4n) is 3.30. The smallest absolute Gasteiger partial charge is 0.253 e. The second kappa shape index (κ2) is 6.04. The molecule has 3 aromatic rings. The van der Waals surface area contributed by atoms with Crippen molar-refractivity contribution < 1.29 is 9.90 Å². The van der Waals surface area contributed by atoms with Crippen LogP contribution in [0.2, 0.25) is 0 Å². The number of carbonyl (C=O) groups is 1. The van der Waals surface area contributed by atoms with Gasteiger partial charge in [0.25, 0.3) is 5.91 Å². The molecule has 1 unspecified atom stereocenters. The fourth-order valence-corrected chi connectivity index (χ4v) is 3.30. The van der Waals surface area contributed by atoms with Crippen molar-refractivity contribution in [3.05, 3.63) is 48.5 Å². The van der Waals surface area contributed by atoms with E-state index in [4.69, 9.17) is 0 Å². The summed E-state index contributed by atoms with van der Waals surface area (Å²) in [5.74, 6) is 0.0826. The maximum absolute atomic E-state index is 12.4. The standard InChI is InChI=1S/C16H18N6O2/c23-15-7-11(9-21-5-1-4-18-21)6-14(15)19-16(24)12-2-3-13-8-17-20-22(13)10-12/h1-5,8,10-11,14-15,23H,6-7,9H2,(H,19,24)/t11?,14-,15-/m1/s1. The summed E-state index contributed by atoms with van der Waals surface area (Å²) in [6.07, 6.45) is 7.77. The number of amides is 1. The largest absolute Gasteiger partial charge is 0.391 e. The zero-order valence-corrected chi connectivity index (χ0v) is 13.0. The van der Waals surface area contributed by atoms with Gasteiger partial charge in [0.1, 0.15) is 0 Å². The second-order valence-corrected chi connectivity index (χ2v) is 6.23. The summed E-state index contributed by atoms with van der Waals surface area (Å²) in [6, 6.07) is 5.16. The average molecular weight is 326 g/mol. The molecule has 2 N–H and O–H groups in total. The van der Waals surface area contributed by atoms with Gasteiger partial charge in [-0.05, 0) is 37.0 Å². The van der Waals surface area contributed by atoms with Gasteiger partial charge in [-0.2, -0.15) is 5.10 Å². The minimum atomic E-state index is -0.537. The molecule has 0 aliphatic heterocycles. The van der Waals surface area contributed by atoms with E-state index in [0.717, 1.165) is 18.5 Å². The zero-order valence-electron chi connectivity index (χ0n) is 13.0. The lowest BCUT2D eigenvalue weighted by atomic mass is 10.1. The first-order valence-electron chi connectivity index (χ1n) is 7.95. The van der Waals surface area contributed by atoms with Crippen molar-refractivity contribution in [2.75, 3.05) is 0 Å². The fraction of sp³-hybridized carbons (Fsp3) is 0.375. The van der Waals surface area contributed by atoms with Crippen LogP contribution in [-0.2, 0) is 6.54 Å². The van der Waals surface area contributed by atoms with Crippen molar-refractivity contribution in [3.8, 4) is 0 Å². The van der Waals surface area contributed by atoms with Gasteiger partial charge in [-0.25, -0.2) is 4.52 Å². The predicted octanol–water partition coefficient (Wildman–Crippen LogP) is 0.495. The number of hydrogen-bond donors (Lipinski definition) is 2. The molecule has 0 radical (unpaired) electrons. The molecule has 8 heteroatoms. The highest BCUT2D eigenvalue weighted by atomic mass is 16.3. The summed E-state index contributed by atoms with van der Waals surface area (Å²) >= 11 is 0. The molecule has 1 amide bonds. The SMILES string of the molecule is O=C(N[C@@H]1CC(Cn2cccn2)C[C@H]1O)c1ccc2cnnn2c1. The van der Waals surface area contributed by atoms with E-state index in [1.54, 1.807) is 35.2 Å². The minimum Gasteiger partial charge on any atom is -0.391 e. The van der Waals surface area contributed by atoms with Gasteiger partial charge in [0.05, 0.1) is 29.4 Å². The van der Waals surface area contributed by atoms with E-state index in [1.807, 2.05) is 16.9 Å². The summed E-state index contributed by atoms with van der Waals surface area (Å²) in [5, 5.41) is 25.1. The summed E-state index contributed by atoms with van der Waals surface area (Å²) in [4.78, 5) is 12.4. The van der Waals surface area contributed by atoms with Gasteiger partial charge < -0.3 is 10.4 Å². The Hall–Kier alpha value is -2.74. The van der Waals surface area contributed by atoms with Gasteiger partial charge in [0, 0.05) is 25.1 Å². The molecule has 0 saturated heterocycles. The number of nitrogens with zero attached hydrogens (tertiary/aromatic N) is 5. The van der Waals surface area contributed by atoms with E-state index in [2.05, 4.69) is 20.7 Å². The normalized spacial score (nSPS) is 23.6. The first-order chi connectivity index (χ1) is 11.7. The van der Waals surface area contributed by atoms with Gasteiger partial charge in [-0.15, -0.1) is 5.10 Å². The van der Waals surface area contributed by atoms with Crippen molar-refractivity contribution in [1.82, 2.24) is 29.9 Å². The number of aromatic nitrogens is 5. The van der Waals surface area contributed by atoms with Crippen LogP contribution in [0.1, 0.15) is 23.2 Å². The lowest BCUT2D eigenvalue weighted by molar-refractivity contribution is 0.0872. The number of fused-ring (bicyclic) bond motifs is 1. The third-order valence-corrected chi connectivity index (χ3v) is 4.51. The Balaban J connectivity index is 1.41. The Labute approximate surface area is 138 Å². The van der Waals surface area contributed by atoms with Crippen molar-refractivity contribution >= 4 is 11.4 Å². The highest BCUT2D eigenvalue weighted by Crippen LogP contribution is 2.27. The van der Waals surface area contributed by atoms with Crippen molar-refractivity contribution in [3.63, 3.8) is 0 Å². The van der Waals surface area contributed by atoms with Crippen molar-refractivity contribution in [1.29, 1.82) is 0 Å². The lowest BCUT2D eigenvalue weighted by Gasteiger charge is -2.16. The van der Waals surface area contributed by atoms with Gasteiger partial charge in [0.2, 0.25) is 0 Å². The minimum absolute atomic E-state index is 0.212. The number of aliphatic hydroxyl groups excluding tert-OH is 1. The van der Waals surface area contributed by atoms with Crippen molar-refractivity contribution in [2.24, 2.45) is 5.92 Å². The van der Waals surface area contributed by atoms with Crippen LogP contribution in [0.4, 0.5) is 0 Å². The highest BCUT2D eigenvalue weighted by Gasteiger charge is 2.34. The molecule has 124 valence electrons. The Morgan fingerprint density at radius 2 is 2.29 bits per heavy atom. The Morgan fingerprint density at radius 3 is 3.12 bits per heavy atom. The molecule has 0 bridgehead atoms. The Bertz CT molecular complexity index is 843. The van der Waals surface area contributed by atoms with Gasteiger partial charge in [0.15, 0.2) is 0 Å². The Kier molecular flexibility index (Phi) is 3.73. The predicted molar refractivity (Wildman–Crippen MR) is 85.2 cm³/mol. The number of nitrogens with one attached hydrogen (secondary N) is 1. The molecular formula is C16H18N6O2. The second-order valence-electron chi connectivity index (χ2n) is 6.23. The summed E-state index contributed by atoms with van der Waals surface area (Å²) in [6.45, 7) is 0.751. The molecule has 1 aliphatic carbocycles. The van der Waals surface area contributed by atoms with Crippen LogP contribution >= 0.6 is 0 Å². The van der Waals surface area contributed by atoms with Crippen LogP contribution in [0.25, 0.3) is 5.52 Å². The van der Waals surface area contributed by atoms with Crippen molar-refractivity contribution in [2.45, 2.75) is 31.5 Å². The number of rotatable bonds is 4. The molecule has 3 atom stereocenters. The average Bonchev–Trinajstić information content (AvgIpc) is 3.29. The van der Waals surface area contributed by atoms with E-state index < -0.39 is 6.10 Å². The highest BCUT2D eigenvalue weighted by molar-refractivity contribution is 5.94. The Morgan fingerprint density at radius 1 is 1.38 bits per heavy atom. The molecule has 3 heterocycles. The molecule has 4 rings (SSSR count). The van der Waals surface area contributed by atoms with E-state index in [9.17, 15) is 9.90 Å². The topological polar surface area (TPSA) is 97.3 Å². The number of carbonyl (C=O) groups excluding carboxylic acids is 1. The maximum atomic E-state index is 12.4.